The summed E-state index contributed by atoms with van der Waals surface area (Å²) in [4.78, 5) is 19.8. The number of nitrogen functional groups attached to an aromatic ring is 1. The molecule has 82 valence electrons. The number of anilines is 1. The lowest BCUT2D eigenvalue weighted by Gasteiger charge is -1.95. The second kappa shape index (κ2) is 3.15. The number of nitrogens with zero attached hydrogens (tertiary/aromatic N) is 3. The van der Waals surface area contributed by atoms with Crippen LogP contribution in [0.3, 0.4) is 0 Å². The number of aromatic nitrogens is 2. The Balaban J connectivity index is 2.86. The van der Waals surface area contributed by atoms with Crippen molar-refractivity contribution in [2.45, 2.75) is 0 Å². The van der Waals surface area contributed by atoms with E-state index < -0.39 is 21.2 Å². The van der Waals surface area contributed by atoms with Crippen LogP contribution in [0.15, 0.2) is 12.1 Å². The lowest BCUT2D eigenvalue weighted by atomic mass is 10.2. The number of aromatic amines is 1. The fourth-order valence-electron chi connectivity index (χ4n) is 1.36. The minimum absolute atomic E-state index is 0.0122. The molecule has 1 heterocycles. The average Bonchev–Trinajstić information content (AvgIpc) is 2.59. The first-order chi connectivity index (χ1) is 7.50. The summed E-state index contributed by atoms with van der Waals surface area (Å²) in [7, 11) is 0. The highest BCUT2D eigenvalue weighted by molar-refractivity contribution is 5.96. The topological polar surface area (TPSA) is 141 Å². The Morgan fingerprint density at radius 1 is 1.25 bits per heavy atom. The number of benzene rings is 1. The summed E-state index contributed by atoms with van der Waals surface area (Å²) in [5.74, 6) is -0.0122. The fourth-order valence-corrected chi connectivity index (χ4v) is 1.36. The molecule has 0 unspecified atom stereocenters. The molecule has 0 radical (unpaired) electrons. The second-order valence-corrected chi connectivity index (χ2v) is 3.01. The van der Waals surface area contributed by atoms with E-state index in [0.29, 0.717) is 0 Å². The number of nitrogens with two attached hydrogens (primary N) is 1. The van der Waals surface area contributed by atoms with Crippen molar-refractivity contribution >= 4 is 28.1 Å². The number of nitro groups is 2. The summed E-state index contributed by atoms with van der Waals surface area (Å²) in [5.41, 5.74) is 4.68. The monoisotopic (exact) mass is 223 g/mol. The average molecular weight is 223 g/mol. The van der Waals surface area contributed by atoms with Gasteiger partial charge in [0.05, 0.1) is 21.3 Å². The van der Waals surface area contributed by atoms with Crippen LogP contribution in [0.5, 0.6) is 0 Å². The van der Waals surface area contributed by atoms with Gasteiger partial charge in [-0.1, -0.05) is 0 Å². The van der Waals surface area contributed by atoms with Gasteiger partial charge >= 0.3 is 5.69 Å². The van der Waals surface area contributed by atoms with E-state index in [-0.39, 0.29) is 16.7 Å². The summed E-state index contributed by atoms with van der Waals surface area (Å²) in [6.45, 7) is 0. The van der Waals surface area contributed by atoms with E-state index in [1.54, 1.807) is 0 Å². The van der Waals surface area contributed by atoms with Crippen LogP contribution in [0.2, 0.25) is 0 Å². The van der Waals surface area contributed by atoms with E-state index in [0.717, 1.165) is 12.1 Å². The van der Waals surface area contributed by atoms with E-state index in [9.17, 15) is 20.2 Å². The first kappa shape index (κ1) is 9.83. The number of fused-ring (bicyclic) bond motifs is 1. The number of non-ortho nitro benzene ring substituents is 2. The number of hydrogen-bond donors (Lipinski definition) is 2. The van der Waals surface area contributed by atoms with Crippen molar-refractivity contribution in [3.05, 3.63) is 32.4 Å². The zero-order chi connectivity index (χ0) is 11.9. The molecule has 0 atom stereocenters. The van der Waals surface area contributed by atoms with E-state index in [1.807, 2.05) is 0 Å². The van der Waals surface area contributed by atoms with Crippen LogP contribution >= 0.6 is 0 Å². The molecule has 0 aliphatic carbocycles. The van der Waals surface area contributed by atoms with Crippen LogP contribution in [-0.4, -0.2) is 20.0 Å². The van der Waals surface area contributed by atoms with Gasteiger partial charge in [-0.3, -0.25) is 25.3 Å². The van der Waals surface area contributed by atoms with E-state index in [2.05, 4.69) is 10.2 Å². The summed E-state index contributed by atoms with van der Waals surface area (Å²) in [6.07, 6.45) is 0. The lowest BCUT2D eigenvalue weighted by Crippen LogP contribution is -1.94. The van der Waals surface area contributed by atoms with Gasteiger partial charge in [0.2, 0.25) is 0 Å². The van der Waals surface area contributed by atoms with Crippen molar-refractivity contribution in [2.24, 2.45) is 0 Å². The minimum atomic E-state index is -0.729. The first-order valence-electron chi connectivity index (χ1n) is 4.07. The van der Waals surface area contributed by atoms with Gasteiger partial charge in [-0.2, -0.15) is 5.10 Å². The van der Waals surface area contributed by atoms with Crippen LogP contribution in [0.4, 0.5) is 17.2 Å². The Hall–Kier alpha value is -2.71. The van der Waals surface area contributed by atoms with Gasteiger partial charge < -0.3 is 5.73 Å². The predicted molar refractivity (Wildman–Crippen MR) is 53.8 cm³/mol. The molecule has 0 amide bonds. The maximum absolute atomic E-state index is 10.7. The highest BCUT2D eigenvalue weighted by Gasteiger charge is 2.22. The fraction of sp³-hybridized carbons (Fsp3) is 0. The van der Waals surface area contributed by atoms with Crippen molar-refractivity contribution in [1.82, 2.24) is 10.2 Å². The lowest BCUT2D eigenvalue weighted by molar-refractivity contribution is -0.393. The molecule has 2 aromatic rings. The van der Waals surface area contributed by atoms with Gasteiger partial charge in [0.25, 0.3) is 5.69 Å². The highest BCUT2D eigenvalue weighted by Crippen LogP contribution is 2.31. The number of rotatable bonds is 2. The third-order valence-corrected chi connectivity index (χ3v) is 2.07. The SMILES string of the molecule is Nc1n[nH]c2c([N+](=O)[O-])cc([N+](=O)[O-])cc12. The molecule has 2 rings (SSSR count). The van der Waals surface area contributed by atoms with Crippen molar-refractivity contribution in [3.8, 4) is 0 Å². The maximum Gasteiger partial charge on any atom is 0.301 e. The zero-order valence-corrected chi connectivity index (χ0v) is 7.71. The number of nitro benzene ring substituents is 2. The smallest absolute Gasteiger partial charge is 0.301 e. The summed E-state index contributed by atoms with van der Waals surface area (Å²) >= 11 is 0. The van der Waals surface area contributed by atoms with Gasteiger partial charge in [-0.25, -0.2) is 0 Å². The standard InChI is InChI=1S/C7H5N5O4/c8-7-4-1-3(11(13)14)2-5(12(15)16)6(4)9-10-7/h1-2H,(H3,8,9,10). The Morgan fingerprint density at radius 3 is 2.50 bits per heavy atom. The Kier molecular flexibility index (Phi) is 1.94. The normalized spacial score (nSPS) is 10.5. The van der Waals surface area contributed by atoms with E-state index in [4.69, 9.17) is 5.73 Å². The quantitative estimate of drug-likeness (QED) is 0.573. The maximum atomic E-state index is 10.7. The van der Waals surface area contributed by atoms with Gasteiger partial charge in [-0.15, -0.1) is 0 Å². The summed E-state index contributed by atoms with van der Waals surface area (Å²) in [6, 6.07) is 2.00. The van der Waals surface area contributed by atoms with Crippen molar-refractivity contribution in [3.63, 3.8) is 0 Å². The zero-order valence-electron chi connectivity index (χ0n) is 7.71. The number of nitrogens with one attached hydrogen (secondary N) is 1. The van der Waals surface area contributed by atoms with Crippen LogP contribution in [0, 0.1) is 20.2 Å². The third-order valence-electron chi connectivity index (χ3n) is 2.07. The first-order valence-corrected chi connectivity index (χ1v) is 4.07. The number of hydrogen-bond acceptors (Lipinski definition) is 6. The molecule has 16 heavy (non-hydrogen) atoms. The second-order valence-electron chi connectivity index (χ2n) is 3.01. The molecular formula is C7H5N5O4. The molecule has 3 N–H and O–H groups in total. The molecular weight excluding hydrogens is 218 g/mol. The van der Waals surface area contributed by atoms with Crippen LogP contribution < -0.4 is 5.73 Å². The molecule has 0 saturated carbocycles. The van der Waals surface area contributed by atoms with Gasteiger partial charge in [0.1, 0.15) is 5.52 Å². The predicted octanol–water partition coefficient (Wildman–Crippen LogP) is 0.961. The Morgan fingerprint density at radius 2 is 1.94 bits per heavy atom. The molecule has 0 bridgehead atoms. The van der Waals surface area contributed by atoms with Crippen molar-refractivity contribution < 1.29 is 9.85 Å². The highest BCUT2D eigenvalue weighted by atomic mass is 16.6. The summed E-state index contributed by atoms with van der Waals surface area (Å²) < 4.78 is 0. The van der Waals surface area contributed by atoms with Gasteiger partial charge in [-0.05, 0) is 0 Å². The minimum Gasteiger partial charge on any atom is -0.382 e. The van der Waals surface area contributed by atoms with Crippen LogP contribution in [-0.2, 0) is 0 Å². The molecule has 1 aromatic heterocycles. The molecule has 0 fully saturated rings. The van der Waals surface area contributed by atoms with Crippen molar-refractivity contribution in [1.29, 1.82) is 0 Å². The largest absolute Gasteiger partial charge is 0.382 e. The van der Waals surface area contributed by atoms with Gasteiger partial charge in [0, 0.05) is 6.07 Å². The Bertz CT molecular complexity index is 604. The van der Waals surface area contributed by atoms with E-state index >= 15 is 0 Å². The summed E-state index contributed by atoms with van der Waals surface area (Å²) in [5, 5.41) is 27.4. The molecule has 9 nitrogen and oxygen atoms in total. The third kappa shape index (κ3) is 1.30. The molecule has 9 heteroatoms. The molecule has 1 aromatic carbocycles. The molecule has 0 aliphatic heterocycles. The Labute approximate surface area is 87.2 Å². The molecule has 0 spiro atoms. The van der Waals surface area contributed by atoms with Crippen LogP contribution in [0.1, 0.15) is 0 Å². The number of H-pyrrole nitrogens is 1. The van der Waals surface area contributed by atoms with E-state index in [1.165, 1.54) is 0 Å². The molecule has 0 saturated heterocycles. The molecule has 0 aliphatic rings. The van der Waals surface area contributed by atoms with Crippen LogP contribution in [0.25, 0.3) is 10.9 Å². The van der Waals surface area contributed by atoms with Gasteiger partial charge in [0.15, 0.2) is 5.82 Å². The van der Waals surface area contributed by atoms with Crippen molar-refractivity contribution in [2.75, 3.05) is 5.73 Å².